The van der Waals surface area contributed by atoms with E-state index in [9.17, 15) is 4.79 Å². The highest BCUT2D eigenvalue weighted by Gasteiger charge is 2.14. The number of esters is 1. The first-order valence-corrected chi connectivity index (χ1v) is 7.93. The van der Waals surface area contributed by atoms with Crippen LogP contribution in [0.25, 0.3) is 10.9 Å². The molecule has 3 aromatic rings. The van der Waals surface area contributed by atoms with Crippen molar-refractivity contribution < 1.29 is 14.3 Å². The summed E-state index contributed by atoms with van der Waals surface area (Å²) in [5, 5.41) is 0.797. The molecule has 0 atom stereocenters. The molecule has 0 aliphatic rings. The first-order chi connectivity index (χ1) is 11.7. The predicted molar refractivity (Wildman–Crippen MR) is 93.2 cm³/mol. The SMILES string of the molecule is CCOc1ccccc1COC(=O)c1cc(C)nc2ccccc12. The van der Waals surface area contributed by atoms with Crippen LogP contribution in [0.5, 0.6) is 5.75 Å². The lowest BCUT2D eigenvalue weighted by atomic mass is 10.1. The lowest BCUT2D eigenvalue weighted by molar-refractivity contribution is 0.0472. The first-order valence-electron chi connectivity index (χ1n) is 7.93. The highest BCUT2D eigenvalue weighted by molar-refractivity contribution is 6.03. The monoisotopic (exact) mass is 321 g/mol. The number of ether oxygens (including phenoxy) is 2. The zero-order valence-electron chi connectivity index (χ0n) is 13.8. The summed E-state index contributed by atoms with van der Waals surface area (Å²) in [6.07, 6.45) is 0. The van der Waals surface area contributed by atoms with E-state index in [-0.39, 0.29) is 12.6 Å². The minimum absolute atomic E-state index is 0.171. The Hall–Kier alpha value is -2.88. The second kappa shape index (κ2) is 7.13. The van der Waals surface area contributed by atoms with Gasteiger partial charge in [-0.1, -0.05) is 36.4 Å². The minimum Gasteiger partial charge on any atom is -0.493 e. The van der Waals surface area contributed by atoms with Gasteiger partial charge in [0.05, 0.1) is 17.7 Å². The van der Waals surface area contributed by atoms with Crippen LogP contribution in [0.2, 0.25) is 0 Å². The Kier molecular flexibility index (Phi) is 4.75. The van der Waals surface area contributed by atoms with Crippen LogP contribution in [0, 0.1) is 6.92 Å². The van der Waals surface area contributed by atoms with Crippen molar-refractivity contribution in [1.82, 2.24) is 4.98 Å². The van der Waals surface area contributed by atoms with Crippen molar-refractivity contribution >= 4 is 16.9 Å². The number of carbonyl (C=O) groups excluding carboxylic acids is 1. The molecule has 1 aromatic heterocycles. The van der Waals surface area contributed by atoms with E-state index < -0.39 is 0 Å². The Morgan fingerprint density at radius 1 is 1.08 bits per heavy atom. The van der Waals surface area contributed by atoms with Gasteiger partial charge in [-0.2, -0.15) is 0 Å². The van der Waals surface area contributed by atoms with Gasteiger partial charge in [0.1, 0.15) is 12.4 Å². The number of rotatable bonds is 5. The predicted octanol–water partition coefficient (Wildman–Crippen LogP) is 4.30. The van der Waals surface area contributed by atoms with E-state index in [2.05, 4.69) is 4.98 Å². The molecule has 0 spiro atoms. The maximum Gasteiger partial charge on any atom is 0.339 e. The fourth-order valence-electron chi connectivity index (χ4n) is 2.62. The van der Waals surface area contributed by atoms with Gasteiger partial charge in [0, 0.05) is 16.6 Å². The number of aromatic nitrogens is 1. The van der Waals surface area contributed by atoms with Crippen LogP contribution in [-0.2, 0) is 11.3 Å². The van der Waals surface area contributed by atoms with Crippen molar-refractivity contribution in [3.05, 3.63) is 71.4 Å². The highest BCUT2D eigenvalue weighted by atomic mass is 16.5. The number of aryl methyl sites for hydroxylation is 1. The van der Waals surface area contributed by atoms with E-state index in [0.29, 0.717) is 12.2 Å². The zero-order valence-corrected chi connectivity index (χ0v) is 13.8. The van der Waals surface area contributed by atoms with Gasteiger partial charge in [0.2, 0.25) is 0 Å². The molecule has 24 heavy (non-hydrogen) atoms. The van der Waals surface area contributed by atoms with Crippen LogP contribution in [0.3, 0.4) is 0 Å². The lowest BCUT2D eigenvalue weighted by Gasteiger charge is -2.11. The summed E-state index contributed by atoms with van der Waals surface area (Å²) in [6.45, 7) is 4.53. The van der Waals surface area contributed by atoms with Crippen LogP contribution in [-0.4, -0.2) is 17.6 Å². The van der Waals surface area contributed by atoms with Gasteiger partial charge in [-0.25, -0.2) is 4.79 Å². The molecule has 0 aliphatic carbocycles. The quantitative estimate of drug-likeness (QED) is 0.657. The van der Waals surface area contributed by atoms with Gasteiger partial charge in [0.25, 0.3) is 0 Å². The summed E-state index contributed by atoms with van der Waals surface area (Å²) in [5.74, 6) is 0.381. The normalized spacial score (nSPS) is 10.6. The van der Waals surface area contributed by atoms with Crippen molar-refractivity contribution in [3.8, 4) is 5.75 Å². The molecular formula is C20H19NO3. The zero-order chi connectivity index (χ0) is 16.9. The van der Waals surface area contributed by atoms with Crippen molar-refractivity contribution in [2.24, 2.45) is 0 Å². The van der Waals surface area contributed by atoms with Crippen molar-refractivity contribution in [3.63, 3.8) is 0 Å². The molecule has 0 bridgehead atoms. The molecule has 0 unspecified atom stereocenters. The summed E-state index contributed by atoms with van der Waals surface area (Å²) < 4.78 is 11.1. The maximum atomic E-state index is 12.6. The highest BCUT2D eigenvalue weighted by Crippen LogP contribution is 2.22. The molecule has 0 aliphatic heterocycles. The summed E-state index contributed by atoms with van der Waals surface area (Å²) in [6, 6.07) is 16.9. The molecule has 4 heteroatoms. The van der Waals surface area contributed by atoms with E-state index >= 15 is 0 Å². The van der Waals surface area contributed by atoms with Crippen molar-refractivity contribution in [1.29, 1.82) is 0 Å². The topological polar surface area (TPSA) is 48.4 Å². The van der Waals surface area contributed by atoms with Gasteiger partial charge in [0.15, 0.2) is 0 Å². The third-order valence-electron chi connectivity index (χ3n) is 3.70. The van der Waals surface area contributed by atoms with Gasteiger partial charge >= 0.3 is 5.97 Å². The molecule has 0 saturated carbocycles. The summed E-state index contributed by atoms with van der Waals surface area (Å²) in [5.41, 5.74) is 2.96. The second-order valence-electron chi connectivity index (χ2n) is 5.45. The van der Waals surface area contributed by atoms with Crippen molar-refractivity contribution in [2.75, 3.05) is 6.61 Å². The Balaban J connectivity index is 1.84. The number of hydrogen-bond donors (Lipinski definition) is 0. The summed E-state index contributed by atoms with van der Waals surface area (Å²) in [4.78, 5) is 17.0. The maximum absolute atomic E-state index is 12.6. The van der Waals surface area contributed by atoms with Crippen LogP contribution < -0.4 is 4.74 Å². The van der Waals surface area contributed by atoms with E-state index in [0.717, 1.165) is 27.9 Å². The lowest BCUT2D eigenvalue weighted by Crippen LogP contribution is -2.08. The molecule has 0 radical (unpaired) electrons. The molecule has 4 nitrogen and oxygen atoms in total. The Labute approximate surface area is 141 Å². The van der Waals surface area contributed by atoms with E-state index in [4.69, 9.17) is 9.47 Å². The number of pyridine rings is 1. The van der Waals surface area contributed by atoms with Crippen molar-refractivity contribution in [2.45, 2.75) is 20.5 Å². The Morgan fingerprint density at radius 2 is 1.83 bits per heavy atom. The van der Waals surface area contributed by atoms with Gasteiger partial charge in [-0.15, -0.1) is 0 Å². The smallest absolute Gasteiger partial charge is 0.339 e. The molecule has 0 fully saturated rings. The second-order valence-corrected chi connectivity index (χ2v) is 5.45. The summed E-state index contributed by atoms with van der Waals surface area (Å²) in [7, 11) is 0. The van der Waals surface area contributed by atoms with Crippen LogP contribution in [0.4, 0.5) is 0 Å². The fourth-order valence-corrected chi connectivity index (χ4v) is 2.62. The number of carbonyl (C=O) groups is 1. The largest absolute Gasteiger partial charge is 0.493 e. The average Bonchev–Trinajstić information content (AvgIpc) is 2.60. The van der Waals surface area contributed by atoms with Crippen LogP contribution in [0.1, 0.15) is 28.5 Å². The number of fused-ring (bicyclic) bond motifs is 1. The van der Waals surface area contributed by atoms with Gasteiger partial charge in [-0.05, 0) is 32.0 Å². The van der Waals surface area contributed by atoms with E-state index in [1.807, 2.05) is 62.4 Å². The first kappa shape index (κ1) is 16.0. The third kappa shape index (κ3) is 3.38. The fraction of sp³-hybridized carbons (Fsp3) is 0.200. The van der Waals surface area contributed by atoms with Gasteiger partial charge in [-0.3, -0.25) is 4.98 Å². The Bertz CT molecular complexity index is 874. The molecule has 3 rings (SSSR count). The molecular weight excluding hydrogens is 302 g/mol. The molecule has 0 saturated heterocycles. The van der Waals surface area contributed by atoms with E-state index in [1.54, 1.807) is 6.07 Å². The molecule has 2 aromatic carbocycles. The number of para-hydroxylation sites is 2. The average molecular weight is 321 g/mol. The number of nitrogens with zero attached hydrogens (tertiary/aromatic N) is 1. The molecule has 1 heterocycles. The van der Waals surface area contributed by atoms with Crippen LogP contribution in [0.15, 0.2) is 54.6 Å². The number of benzene rings is 2. The van der Waals surface area contributed by atoms with Gasteiger partial charge < -0.3 is 9.47 Å². The van der Waals surface area contributed by atoms with Crippen LogP contribution >= 0.6 is 0 Å². The van der Waals surface area contributed by atoms with E-state index in [1.165, 1.54) is 0 Å². The minimum atomic E-state index is -0.358. The molecule has 0 amide bonds. The number of hydrogen-bond acceptors (Lipinski definition) is 4. The Morgan fingerprint density at radius 3 is 2.67 bits per heavy atom. The molecule has 0 N–H and O–H groups in total. The standard InChI is InChI=1S/C20H19NO3/c1-3-23-19-11-7-4-8-15(19)13-24-20(22)17-12-14(2)21-18-10-6-5-9-16(17)18/h4-12H,3,13H2,1-2H3. The molecule has 122 valence electrons. The third-order valence-corrected chi connectivity index (χ3v) is 3.70. The summed E-state index contributed by atoms with van der Waals surface area (Å²) >= 11 is 0.